The van der Waals surface area contributed by atoms with E-state index in [1.54, 1.807) is 0 Å². The van der Waals surface area contributed by atoms with Crippen molar-refractivity contribution in [2.24, 2.45) is 0 Å². The first-order valence-corrected chi connectivity index (χ1v) is 10.6. The number of carbonyl (C=O) groups excluding carboxylic acids is 2. The summed E-state index contributed by atoms with van der Waals surface area (Å²) in [7, 11) is 0. The lowest BCUT2D eigenvalue weighted by molar-refractivity contribution is -0.120. The molecule has 2 aromatic carbocycles. The largest absolute Gasteiger partial charge is 0.445 e. The molecule has 1 N–H and O–H groups in total. The number of nitrogens with one attached hydrogen (secondary N) is 1. The van der Waals surface area contributed by atoms with Gasteiger partial charge in [-0.25, -0.2) is 18.6 Å². The van der Waals surface area contributed by atoms with E-state index < -0.39 is 29.7 Å². The molecular weight excluding hydrogens is 424 g/mol. The van der Waals surface area contributed by atoms with Crippen LogP contribution < -0.4 is 5.32 Å². The second kappa shape index (κ2) is 9.22. The van der Waals surface area contributed by atoms with Crippen LogP contribution in [0.2, 0.25) is 0 Å². The fourth-order valence-corrected chi connectivity index (χ4v) is 4.14. The van der Waals surface area contributed by atoms with Crippen LogP contribution in [0.15, 0.2) is 53.9 Å². The SMILES string of the molecule is O=C(Nc1nc(-c2c(F)cccc2F)cs1)[C@@H]1CCCN1C(=O)OCc1ccccc1. The molecule has 31 heavy (non-hydrogen) atoms. The van der Waals surface area contributed by atoms with Crippen LogP contribution >= 0.6 is 11.3 Å². The van der Waals surface area contributed by atoms with Crippen LogP contribution in [0, 0.1) is 11.6 Å². The molecule has 1 saturated heterocycles. The van der Waals surface area contributed by atoms with Crippen molar-refractivity contribution >= 4 is 28.5 Å². The zero-order valence-electron chi connectivity index (χ0n) is 16.4. The number of thiazole rings is 1. The monoisotopic (exact) mass is 443 g/mol. The van der Waals surface area contributed by atoms with Gasteiger partial charge in [0.05, 0.1) is 11.3 Å². The highest BCUT2D eigenvalue weighted by atomic mass is 32.1. The van der Waals surface area contributed by atoms with Gasteiger partial charge >= 0.3 is 6.09 Å². The summed E-state index contributed by atoms with van der Waals surface area (Å²) in [6.07, 6.45) is 0.601. The minimum absolute atomic E-state index is 0.0986. The van der Waals surface area contributed by atoms with E-state index in [1.807, 2.05) is 30.3 Å². The van der Waals surface area contributed by atoms with Crippen molar-refractivity contribution in [3.05, 3.63) is 71.1 Å². The molecule has 6 nitrogen and oxygen atoms in total. The summed E-state index contributed by atoms with van der Waals surface area (Å²) >= 11 is 1.05. The Balaban J connectivity index is 1.40. The smallest absolute Gasteiger partial charge is 0.410 e. The molecule has 9 heteroatoms. The predicted molar refractivity (Wildman–Crippen MR) is 112 cm³/mol. The van der Waals surface area contributed by atoms with E-state index in [0.29, 0.717) is 19.4 Å². The maximum absolute atomic E-state index is 14.0. The molecule has 0 spiro atoms. The van der Waals surface area contributed by atoms with Crippen LogP contribution in [-0.2, 0) is 16.1 Å². The van der Waals surface area contributed by atoms with Crippen LogP contribution in [0.4, 0.5) is 18.7 Å². The lowest BCUT2D eigenvalue weighted by Gasteiger charge is -2.22. The summed E-state index contributed by atoms with van der Waals surface area (Å²) in [5, 5.41) is 4.32. The molecular formula is C22H19F2N3O3S. The fraction of sp³-hybridized carbons (Fsp3) is 0.227. The molecule has 0 radical (unpaired) electrons. The van der Waals surface area contributed by atoms with Crippen LogP contribution in [-0.4, -0.2) is 34.5 Å². The van der Waals surface area contributed by atoms with Gasteiger partial charge in [0.1, 0.15) is 24.3 Å². The van der Waals surface area contributed by atoms with E-state index in [2.05, 4.69) is 10.3 Å². The zero-order valence-corrected chi connectivity index (χ0v) is 17.2. The van der Waals surface area contributed by atoms with Crippen molar-refractivity contribution in [3.63, 3.8) is 0 Å². The van der Waals surface area contributed by atoms with E-state index in [9.17, 15) is 18.4 Å². The number of carbonyl (C=O) groups is 2. The van der Waals surface area contributed by atoms with Crippen molar-refractivity contribution in [2.75, 3.05) is 11.9 Å². The van der Waals surface area contributed by atoms with Crippen molar-refractivity contribution in [1.29, 1.82) is 0 Å². The molecule has 3 aromatic rings. The molecule has 2 heterocycles. The number of aromatic nitrogens is 1. The average molecular weight is 443 g/mol. The Kier molecular flexibility index (Phi) is 6.22. The lowest BCUT2D eigenvalue weighted by atomic mass is 10.1. The van der Waals surface area contributed by atoms with E-state index in [4.69, 9.17) is 4.74 Å². The summed E-state index contributed by atoms with van der Waals surface area (Å²) < 4.78 is 33.3. The Bertz CT molecular complexity index is 1070. The summed E-state index contributed by atoms with van der Waals surface area (Å²) in [6.45, 7) is 0.532. The number of hydrogen-bond donors (Lipinski definition) is 1. The number of ether oxygens (including phenoxy) is 1. The highest BCUT2D eigenvalue weighted by Gasteiger charge is 2.35. The Morgan fingerprint density at radius 2 is 1.87 bits per heavy atom. The Labute approximate surface area is 181 Å². The van der Waals surface area contributed by atoms with Crippen LogP contribution in [0.3, 0.4) is 0 Å². The predicted octanol–water partition coefficient (Wildman–Crippen LogP) is 4.83. The Morgan fingerprint density at radius 1 is 1.13 bits per heavy atom. The second-order valence-corrected chi connectivity index (χ2v) is 7.87. The van der Waals surface area contributed by atoms with Gasteiger partial charge in [0.25, 0.3) is 0 Å². The molecule has 4 rings (SSSR count). The molecule has 0 saturated carbocycles. The third kappa shape index (κ3) is 4.72. The third-order valence-electron chi connectivity index (χ3n) is 4.95. The molecule has 2 amide bonds. The first-order valence-electron chi connectivity index (χ1n) is 9.71. The second-order valence-electron chi connectivity index (χ2n) is 7.02. The summed E-state index contributed by atoms with van der Waals surface area (Å²) in [6, 6.07) is 12.1. The van der Waals surface area contributed by atoms with Gasteiger partial charge in [0.2, 0.25) is 5.91 Å². The van der Waals surface area contributed by atoms with E-state index in [0.717, 1.165) is 29.0 Å². The molecule has 0 bridgehead atoms. The molecule has 1 aliphatic heterocycles. The number of rotatable bonds is 5. The van der Waals surface area contributed by atoms with Gasteiger partial charge in [0.15, 0.2) is 5.13 Å². The number of nitrogens with zero attached hydrogens (tertiary/aromatic N) is 2. The average Bonchev–Trinajstić information content (AvgIpc) is 3.43. The Morgan fingerprint density at radius 3 is 2.61 bits per heavy atom. The van der Waals surface area contributed by atoms with Crippen LogP contribution in [0.1, 0.15) is 18.4 Å². The van der Waals surface area contributed by atoms with E-state index in [1.165, 1.54) is 16.3 Å². The van der Waals surface area contributed by atoms with Gasteiger partial charge in [-0.1, -0.05) is 36.4 Å². The summed E-state index contributed by atoms with van der Waals surface area (Å²) in [5.41, 5.74) is 0.708. The maximum Gasteiger partial charge on any atom is 0.410 e. The highest BCUT2D eigenvalue weighted by molar-refractivity contribution is 7.14. The maximum atomic E-state index is 14.0. The number of benzene rings is 2. The van der Waals surface area contributed by atoms with Gasteiger partial charge in [-0.2, -0.15) is 0 Å². The van der Waals surface area contributed by atoms with Crippen molar-refractivity contribution < 1.29 is 23.1 Å². The highest BCUT2D eigenvalue weighted by Crippen LogP contribution is 2.30. The first-order chi connectivity index (χ1) is 15.0. The molecule has 1 aromatic heterocycles. The van der Waals surface area contributed by atoms with Crippen LogP contribution in [0.5, 0.6) is 0 Å². The van der Waals surface area contributed by atoms with E-state index >= 15 is 0 Å². The summed E-state index contributed by atoms with van der Waals surface area (Å²) in [5.74, 6) is -1.87. The number of hydrogen-bond acceptors (Lipinski definition) is 5. The van der Waals surface area contributed by atoms with Crippen molar-refractivity contribution in [2.45, 2.75) is 25.5 Å². The third-order valence-corrected chi connectivity index (χ3v) is 5.71. The molecule has 160 valence electrons. The fourth-order valence-electron chi connectivity index (χ4n) is 3.44. The molecule has 1 fully saturated rings. The molecule has 1 atom stereocenters. The van der Waals surface area contributed by atoms with Gasteiger partial charge in [-0.15, -0.1) is 11.3 Å². The first kappa shape index (κ1) is 20.9. The van der Waals surface area contributed by atoms with Gasteiger partial charge in [0, 0.05) is 11.9 Å². The lowest BCUT2D eigenvalue weighted by Crippen LogP contribution is -2.43. The van der Waals surface area contributed by atoms with Crippen molar-refractivity contribution in [3.8, 4) is 11.3 Å². The molecule has 0 unspecified atom stereocenters. The minimum Gasteiger partial charge on any atom is -0.445 e. The number of amides is 2. The Hall–Kier alpha value is -3.33. The molecule has 1 aliphatic rings. The van der Waals surface area contributed by atoms with E-state index in [-0.39, 0.29) is 23.0 Å². The quantitative estimate of drug-likeness (QED) is 0.613. The van der Waals surface area contributed by atoms with Gasteiger partial charge in [-0.3, -0.25) is 9.69 Å². The summed E-state index contributed by atoms with van der Waals surface area (Å²) in [4.78, 5) is 30.7. The normalized spacial score (nSPS) is 15.7. The zero-order chi connectivity index (χ0) is 21.8. The topological polar surface area (TPSA) is 71.5 Å². The number of likely N-dealkylation sites (tertiary alicyclic amines) is 1. The minimum atomic E-state index is -0.730. The molecule has 0 aliphatic carbocycles. The van der Waals surface area contributed by atoms with Gasteiger partial charge in [-0.05, 0) is 30.5 Å². The van der Waals surface area contributed by atoms with Crippen molar-refractivity contribution in [1.82, 2.24) is 9.88 Å². The number of anilines is 1. The van der Waals surface area contributed by atoms with Crippen LogP contribution in [0.25, 0.3) is 11.3 Å². The van der Waals surface area contributed by atoms with Gasteiger partial charge < -0.3 is 10.1 Å². The standard InChI is InChI=1S/C22H19F2N3O3S/c23-15-8-4-9-16(24)19(15)17-13-31-21(25-17)26-20(28)18-10-5-11-27(18)22(29)30-12-14-6-2-1-3-7-14/h1-4,6-9,13,18H,5,10-12H2,(H,25,26,28)/t18-/m0/s1. The number of halogens is 2.